The Morgan fingerprint density at radius 2 is 1.65 bits per heavy atom. The number of hydrogen-bond donors (Lipinski definition) is 0. The van der Waals surface area contributed by atoms with Gasteiger partial charge in [-0.15, -0.1) is 0 Å². The molecule has 0 aliphatic rings. The summed E-state index contributed by atoms with van der Waals surface area (Å²) in [5, 5.41) is 0. The van der Waals surface area contributed by atoms with Gasteiger partial charge in [-0.1, -0.05) is 34.1 Å². The zero-order valence-corrected chi connectivity index (χ0v) is 14.0. The van der Waals surface area contributed by atoms with E-state index in [1.54, 1.807) is 0 Å². The lowest BCUT2D eigenvalue weighted by Gasteiger charge is -2.18. The van der Waals surface area contributed by atoms with E-state index >= 15 is 0 Å². The van der Waals surface area contributed by atoms with Crippen LogP contribution in [-0.4, -0.2) is 11.9 Å². The van der Waals surface area contributed by atoms with Gasteiger partial charge < -0.3 is 0 Å². The Morgan fingerprint density at radius 1 is 0.950 bits per heavy atom. The van der Waals surface area contributed by atoms with Crippen LogP contribution >= 0.6 is 31.9 Å². The van der Waals surface area contributed by atoms with Crippen molar-refractivity contribution in [3.05, 3.63) is 68.1 Å². The molecule has 2 aromatic carbocycles. The van der Waals surface area contributed by atoms with Crippen LogP contribution in [0.5, 0.6) is 0 Å². The van der Waals surface area contributed by atoms with Gasteiger partial charge in [0.2, 0.25) is 0 Å². The molecule has 2 aromatic rings. The molecule has 2 rings (SSSR count). The summed E-state index contributed by atoms with van der Waals surface area (Å²) in [7, 11) is 1.83. The number of rotatable bonds is 4. The van der Waals surface area contributed by atoms with Crippen molar-refractivity contribution in [3.8, 4) is 0 Å². The van der Waals surface area contributed by atoms with E-state index in [0.717, 1.165) is 10.0 Å². The molecule has 106 valence electrons. The molecule has 0 heterocycles. The van der Waals surface area contributed by atoms with Crippen LogP contribution < -0.4 is 0 Å². The minimum Gasteiger partial charge on any atom is -0.298 e. The summed E-state index contributed by atoms with van der Waals surface area (Å²) in [6.45, 7) is 0.811. The van der Waals surface area contributed by atoms with E-state index in [4.69, 9.17) is 0 Å². The second kappa shape index (κ2) is 6.78. The Kier molecular flexibility index (Phi) is 5.29. The highest BCUT2D eigenvalue weighted by Gasteiger charge is 2.14. The first-order chi connectivity index (χ1) is 9.49. The lowest BCUT2D eigenvalue weighted by molar-refractivity contribution is 0.306. The molecule has 0 saturated heterocycles. The normalized spacial score (nSPS) is 11.1. The van der Waals surface area contributed by atoms with Crippen molar-refractivity contribution in [1.29, 1.82) is 0 Å². The summed E-state index contributed by atoms with van der Waals surface area (Å²) in [6, 6.07) is 10.4. The number of hydrogen-bond acceptors (Lipinski definition) is 1. The molecule has 0 saturated carbocycles. The van der Waals surface area contributed by atoms with E-state index in [0.29, 0.717) is 6.54 Å². The molecule has 0 unspecified atom stereocenters. The molecule has 20 heavy (non-hydrogen) atoms. The molecule has 5 heteroatoms. The Hall–Kier alpha value is -0.780. The minimum atomic E-state index is -0.538. The van der Waals surface area contributed by atoms with Gasteiger partial charge in [0, 0.05) is 23.1 Å². The van der Waals surface area contributed by atoms with Crippen LogP contribution in [0.1, 0.15) is 11.1 Å². The summed E-state index contributed by atoms with van der Waals surface area (Å²) in [5.41, 5.74) is 1.15. The maximum Gasteiger partial charge on any atom is 0.144 e. The lowest BCUT2D eigenvalue weighted by Crippen LogP contribution is -2.19. The molecule has 0 spiro atoms. The molecule has 0 aromatic heterocycles. The quantitative estimate of drug-likeness (QED) is 0.639. The highest BCUT2D eigenvalue weighted by atomic mass is 79.9. The first-order valence-electron chi connectivity index (χ1n) is 6.03. The minimum absolute atomic E-state index is 0.0777. The fourth-order valence-electron chi connectivity index (χ4n) is 1.96. The van der Waals surface area contributed by atoms with E-state index in [1.165, 1.54) is 12.1 Å². The SMILES string of the molecule is CN(Cc1ccccc1Br)Cc1c(F)ccc(Br)c1F. The third kappa shape index (κ3) is 3.65. The van der Waals surface area contributed by atoms with Crippen LogP contribution in [0.25, 0.3) is 0 Å². The summed E-state index contributed by atoms with van der Waals surface area (Å²) in [5.74, 6) is -1.06. The zero-order chi connectivity index (χ0) is 14.7. The molecule has 0 N–H and O–H groups in total. The Balaban J connectivity index is 2.15. The predicted octanol–water partition coefficient (Wildman–Crippen LogP) is 5.12. The van der Waals surface area contributed by atoms with Gasteiger partial charge in [-0.2, -0.15) is 0 Å². The molecular weight excluding hydrogens is 392 g/mol. The maximum absolute atomic E-state index is 13.9. The third-order valence-corrected chi connectivity index (χ3v) is 4.35. The van der Waals surface area contributed by atoms with Crippen molar-refractivity contribution in [1.82, 2.24) is 4.90 Å². The van der Waals surface area contributed by atoms with E-state index in [9.17, 15) is 8.78 Å². The standard InChI is InChI=1S/C15H13Br2F2N/c1-20(8-10-4-2-3-5-12(10)16)9-11-14(18)7-6-13(17)15(11)19/h2-7H,8-9H2,1H3. The van der Waals surface area contributed by atoms with Crippen molar-refractivity contribution in [2.75, 3.05) is 7.05 Å². The molecule has 0 atom stereocenters. The predicted molar refractivity (Wildman–Crippen MR) is 83.4 cm³/mol. The van der Waals surface area contributed by atoms with E-state index in [1.807, 2.05) is 36.2 Å². The van der Waals surface area contributed by atoms with Crippen molar-refractivity contribution in [3.63, 3.8) is 0 Å². The van der Waals surface area contributed by atoms with E-state index < -0.39 is 11.6 Å². The molecular formula is C15H13Br2F2N. The number of nitrogens with zero attached hydrogens (tertiary/aromatic N) is 1. The van der Waals surface area contributed by atoms with Gasteiger partial charge in [-0.3, -0.25) is 4.90 Å². The second-order valence-corrected chi connectivity index (χ2v) is 6.29. The molecule has 0 fully saturated rings. The third-order valence-electron chi connectivity index (χ3n) is 2.97. The van der Waals surface area contributed by atoms with Gasteiger partial charge in [0.25, 0.3) is 0 Å². The maximum atomic E-state index is 13.9. The lowest BCUT2D eigenvalue weighted by atomic mass is 10.1. The molecule has 0 aliphatic carbocycles. The summed E-state index contributed by atoms with van der Waals surface area (Å²) in [4.78, 5) is 1.87. The van der Waals surface area contributed by atoms with Crippen LogP contribution in [0, 0.1) is 11.6 Å². The zero-order valence-electron chi connectivity index (χ0n) is 10.8. The first kappa shape index (κ1) is 15.6. The van der Waals surface area contributed by atoms with Gasteiger partial charge in [0.15, 0.2) is 0 Å². The monoisotopic (exact) mass is 403 g/mol. The van der Waals surface area contributed by atoms with Gasteiger partial charge in [-0.05, 0) is 46.7 Å². The highest BCUT2D eigenvalue weighted by Crippen LogP contribution is 2.24. The molecule has 0 aliphatic heterocycles. The largest absolute Gasteiger partial charge is 0.298 e. The molecule has 1 nitrogen and oxygen atoms in total. The van der Waals surface area contributed by atoms with E-state index in [2.05, 4.69) is 31.9 Å². The Morgan fingerprint density at radius 3 is 2.35 bits per heavy atom. The second-order valence-electron chi connectivity index (χ2n) is 4.59. The Labute approximate surface area is 133 Å². The molecule has 0 bridgehead atoms. The topological polar surface area (TPSA) is 3.24 Å². The van der Waals surface area contributed by atoms with Gasteiger partial charge in [0.05, 0.1) is 4.47 Å². The number of halogens is 4. The Bertz CT molecular complexity index is 617. The average Bonchev–Trinajstić information content (AvgIpc) is 2.42. The molecule has 0 amide bonds. The smallest absolute Gasteiger partial charge is 0.144 e. The van der Waals surface area contributed by atoms with Gasteiger partial charge in [-0.25, -0.2) is 8.78 Å². The van der Waals surface area contributed by atoms with Crippen LogP contribution in [0.4, 0.5) is 8.78 Å². The van der Waals surface area contributed by atoms with Crippen molar-refractivity contribution in [2.45, 2.75) is 13.1 Å². The fourth-order valence-corrected chi connectivity index (χ4v) is 2.74. The van der Waals surface area contributed by atoms with Crippen molar-refractivity contribution in [2.24, 2.45) is 0 Å². The molecule has 0 radical (unpaired) electrons. The first-order valence-corrected chi connectivity index (χ1v) is 7.62. The summed E-state index contributed by atoms with van der Waals surface area (Å²) < 4.78 is 28.9. The van der Waals surface area contributed by atoms with Gasteiger partial charge in [0.1, 0.15) is 11.6 Å². The van der Waals surface area contributed by atoms with Crippen LogP contribution in [0.15, 0.2) is 45.3 Å². The van der Waals surface area contributed by atoms with Crippen molar-refractivity contribution < 1.29 is 8.78 Å². The highest BCUT2D eigenvalue weighted by molar-refractivity contribution is 9.10. The number of benzene rings is 2. The van der Waals surface area contributed by atoms with E-state index in [-0.39, 0.29) is 16.6 Å². The van der Waals surface area contributed by atoms with Crippen molar-refractivity contribution >= 4 is 31.9 Å². The van der Waals surface area contributed by atoms with Crippen LogP contribution in [0.3, 0.4) is 0 Å². The van der Waals surface area contributed by atoms with Crippen LogP contribution in [-0.2, 0) is 13.1 Å². The summed E-state index contributed by atoms with van der Waals surface area (Å²) >= 11 is 6.55. The summed E-state index contributed by atoms with van der Waals surface area (Å²) in [6.07, 6.45) is 0. The van der Waals surface area contributed by atoms with Gasteiger partial charge >= 0.3 is 0 Å². The average molecular weight is 405 g/mol. The fraction of sp³-hybridized carbons (Fsp3) is 0.200. The van der Waals surface area contributed by atoms with Crippen LogP contribution in [0.2, 0.25) is 0 Å².